The van der Waals surface area contributed by atoms with E-state index in [1.54, 1.807) is 30.5 Å². The Morgan fingerprint density at radius 3 is 2.25 bits per heavy atom. The SMILES string of the molecule is CC(=O)Nc1ccc(NC(=O)CSc2ncc(-c3ccc(Cl)cc3)n2C)cc1. The second-order valence-electron chi connectivity index (χ2n) is 6.09. The molecule has 0 saturated carbocycles. The highest BCUT2D eigenvalue weighted by molar-refractivity contribution is 7.99. The standard InChI is InChI=1S/C20H19ClN4O2S/c1-13(26)23-16-7-9-17(10-8-16)24-19(27)12-28-20-22-11-18(25(20)2)14-3-5-15(21)6-4-14/h3-11H,12H2,1-2H3,(H,23,26)(H,24,27). The van der Waals surface area contributed by atoms with Crippen molar-refractivity contribution in [2.75, 3.05) is 16.4 Å². The van der Waals surface area contributed by atoms with Crippen LogP contribution in [0.2, 0.25) is 5.02 Å². The maximum absolute atomic E-state index is 12.2. The molecule has 2 amide bonds. The molecule has 0 aliphatic carbocycles. The lowest BCUT2D eigenvalue weighted by molar-refractivity contribution is -0.114. The van der Waals surface area contributed by atoms with Crippen molar-refractivity contribution in [1.29, 1.82) is 0 Å². The third kappa shape index (κ3) is 5.15. The second-order valence-corrected chi connectivity index (χ2v) is 7.47. The lowest BCUT2D eigenvalue weighted by atomic mass is 10.2. The van der Waals surface area contributed by atoms with E-state index in [-0.39, 0.29) is 17.6 Å². The van der Waals surface area contributed by atoms with Gasteiger partial charge in [-0.25, -0.2) is 4.98 Å². The van der Waals surface area contributed by atoms with E-state index in [4.69, 9.17) is 11.6 Å². The van der Waals surface area contributed by atoms with Crippen LogP contribution in [0.25, 0.3) is 11.3 Å². The number of hydrogen-bond acceptors (Lipinski definition) is 4. The summed E-state index contributed by atoms with van der Waals surface area (Å²) in [5.41, 5.74) is 3.31. The number of nitrogens with zero attached hydrogens (tertiary/aromatic N) is 2. The Bertz CT molecular complexity index is 984. The number of hydrogen-bond donors (Lipinski definition) is 2. The molecule has 2 N–H and O–H groups in total. The van der Waals surface area contributed by atoms with Crippen molar-refractivity contribution in [3.8, 4) is 11.3 Å². The molecule has 0 spiro atoms. The molecule has 1 aromatic heterocycles. The molecule has 1 heterocycles. The number of halogens is 1. The number of anilines is 2. The highest BCUT2D eigenvalue weighted by Gasteiger charge is 2.11. The largest absolute Gasteiger partial charge is 0.326 e. The first-order valence-corrected chi connectivity index (χ1v) is 9.86. The van der Waals surface area contributed by atoms with E-state index in [9.17, 15) is 9.59 Å². The summed E-state index contributed by atoms with van der Waals surface area (Å²) in [4.78, 5) is 27.7. The highest BCUT2D eigenvalue weighted by Crippen LogP contribution is 2.26. The number of carbonyl (C=O) groups is 2. The Kier molecular flexibility index (Phi) is 6.38. The molecule has 3 rings (SSSR count). The zero-order chi connectivity index (χ0) is 20.1. The molecule has 144 valence electrons. The molecule has 0 unspecified atom stereocenters. The average molecular weight is 415 g/mol. The maximum atomic E-state index is 12.2. The predicted molar refractivity (Wildman–Crippen MR) is 114 cm³/mol. The van der Waals surface area contributed by atoms with Gasteiger partial charge in [0.1, 0.15) is 0 Å². The number of rotatable bonds is 6. The van der Waals surface area contributed by atoms with Crippen LogP contribution in [0.3, 0.4) is 0 Å². The fraction of sp³-hybridized carbons (Fsp3) is 0.150. The quantitative estimate of drug-likeness (QED) is 0.585. The van der Waals surface area contributed by atoms with Crippen LogP contribution in [-0.2, 0) is 16.6 Å². The number of thioether (sulfide) groups is 1. The molecule has 0 radical (unpaired) electrons. The van der Waals surface area contributed by atoms with Gasteiger partial charge in [0, 0.05) is 30.4 Å². The minimum Gasteiger partial charge on any atom is -0.326 e. The molecule has 0 saturated heterocycles. The van der Waals surface area contributed by atoms with E-state index in [0.29, 0.717) is 16.4 Å². The summed E-state index contributed by atoms with van der Waals surface area (Å²) < 4.78 is 1.95. The van der Waals surface area contributed by atoms with Crippen LogP contribution in [0.1, 0.15) is 6.92 Å². The molecule has 28 heavy (non-hydrogen) atoms. The Balaban J connectivity index is 1.57. The zero-order valence-corrected chi connectivity index (χ0v) is 17.0. The van der Waals surface area contributed by atoms with Crippen molar-refractivity contribution in [1.82, 2.24) is 9.55 Å². The number of aromatic nitrogens is 2. The normalized spacial score (nSPS) is 10.5. The maximum Gasteiger partial charge on any atom is 0.234 e. The molecule has 3 aromatic rings. The number of imidazole rings is 1. The second kappa shape index (κ2) is 8.95. The van der Waals surface area contributed by atoms with Gasteiger partial charge in [-0.1, -0.05) is 35.5 Å². The summed E-state index contributed by atoms with van der Waals surface area (Å²) >= 11 is 7.30. The topological polar surface area (TPSA) is 76.0 Å². The van der Waals surface area contributed by atoms with Gasteiger partial charge in [0.05, 0.1) is 17.6 Å². The third-order valence-corrected chi connectivity index (χ3v) is 5.20. The van der Waals surface area contributed by atoms with Crippen LogP contribution in [0.5, 0.6) is 0 Å². The van der Waals surface area contributed by atoms with Gasteiger partial charge in [-0.3, -0.25) is 9.59 Å². The summed E-state index contributed by atoms with van der Waals surface area (Å²) in [6.45, 7) is 1.45. The summed E-state index contributed by atoms with van der Waals surface area (Å²) in [7, 11) is 1.91. The zero-order valence-electron chi connectivity index (χ0n) is 15.4. The van der Waals surface area contributed by atoms with Gasteiger partial charge >= 0.3 is 0 Å². The molecule has 6 nitrogen and oxygen atoms in total. The number of benzene rings is 2. The van der Waals surface area contributed by atoms with E-state index in [0.717, 1.165) is 16.4 Å². The van der Waals surface area contributed by atoms with Gasteiger partial charge in [-0.05, 0) is 42.0 Å². The Morgan fingerprint density at radius 1 is 1.04 bits per heavy atom. The predicted octanol–water partition coefficient (Wildman–Crippen LogP) is 4.43. The van der Waals surface area contributed by atoms with E-state index >= 15 is 0 Å². The average Bonchev–Trinajstić information content (AvgIpc) is 3.02. The fourth-order valence-corrected chi connectivity index (χ4v) is 3.46. The summed E-state index contributed by atoms with van der Waals surface area (Å²) in [6, 6.07) is 14.5. The Labute approximate surface area is 172 Å². The lowest BCUT2D eigenvalue weighted by Crippen LogP contribution is -2.14. The molecule has 2 aromatic carbocycles. The molecule has 0 aliphatic heterocycles. The summed E-state index contributed by atoms with van der Waals surface area (Å²) in [6.07, 6.45) is 1.78. The van der Waals surface area contributed by atoms with Gasteiger partial charge in [0.2, 0.25) is 11.8 Å². The fourth-order valence-electron chi connectivity index (χ4n) is 2.58. The van der Waals surface area contributed by atoms with Gasteiger partial charge in [0.15, 0.2) is 5.16 Å². The van der Waals surface area contributed by atoms with Gasteiger partial charge in [-0.2, -0.15) is 0 Å². The number of amides is 2. The Hall–Kier alpha value is -2.77. The van der Waals surface area contributed by atoms with Crippen molar-refractivity contribution in [2.45, 2.75) is 12.1 Å². The van der Waals surface area contributed by atoms with Crippen LogP contribution >= 0.6 is 23.4 Å². The number of carbonyl (C=O) groups excluding carboxylic acids is 2. The van der Waals surface area contributed by atoms with Crippen molar-refractivity contribution >= 4 is 46.6 Å². The van der Waals surface area contributed by atoms with Crippen LogP contribution < -0.4 is 10.6 Å². The minimum absolute atomic E-state index is 0.131. The first kappa shape index (κ1) is 20.0. The first-order chi connectivity index (χ1) is 13.4. The van der Waals surface area contributed by atoms with E-state index in [1.165, 1.54) is 18.7 Å². The van der Waals surface area contributed by atoms with Gasteiger partial charge in [-0.15, -0.1) is 0 Å². The summed E-state index contributed by atoms with van der Waals surface area (Å²) in [5.74, 6) is -0.0345. The third-order valence-electron chi connectivity index (χ3n) is 3.91. The summed E-state index contributed by atoms with van der Waals surface area (Å²) in [5, 5.41) is 6.95. The monoisotopic (exact) mass is 414 g/mol. The van der Waals surface area contributed by atoms with Crippen LogP contribution in [0.15, 0.2) is 59.9 Å². The molecular formula is C20H19ClN4O2S. The van der Waals surface area contributed by atoms with Crippen molar-refractivity contribution < 1.29 is 9.59 Å². The number of nitrogens with one attached hydrogen (secondary N) is 2. The van der Waals surface area contributed by atoms with Crippen molar-refractivity contribution in [3.05, 3.63) is 59.8 Å². The smallest absolute Gasteiger partial charge is 0.234 e. The highest BCUT2D eigenvalue weighted by atomic mass is 35.5. The van der Waals surface area contributed by atoms with Crippen LogP contribution in [0, 0.1) is 0 Å². The lowest BCUT2D eigenvalue weighted by Gasteiger charge is -2.08. The Morgan fingerprint density at radius 2 is 1.64 bits per heavy atom. The van der Waals surface area contributed by atoms with E-state index < -0.39 is 0 Å². The molecule has 0 aliphatic rings. The molecule has 0 atom stereocenters. The van der Waals surface area contributed by atoms with Crippen molar-refractivity contribution in [2.24, 2.45) is 7.05 Å². The van der Waals surface area contributed by atoms with Crippen LogP contribution in [-0.4, -0.2) is 27.1 Å². The van der Waals surface area contributed by atoms with Crippen LogP contribution in [0.4, 0.5) is 11.4 Å². The molecule has 0 bridgehead atoms. The van der Waals surface area contributed by atoms with Gasteiger partial charge < -0.3 is 15.2 Å². The molecule has 8 heteroatoms. The molecular weight excluding hydrogens is 396 g/mol. The first-order valence-electron chi connectivity index (χ1n) is 8.50. The van der Waals surface area contributed by atoms with E-state index in [2.05, 4.69) is 15.6 Å². The van der Waals surface area contributed by atoms with Gasteiger partial charge in [0.25, 0.3) is 0 Å². The van der Waals surface area contributed by atoms with Crippen molar-refractivity contribution in [3.63, 3.8) is 0 Å². The minimum atomic E-state index is -0.138. The molecule has 0 fully saturated rings. The van der Waals surface area contributed by atoms with E-state index in [1.807, 2.05) is 35.9 Å².